The molecular formula is C28H26F3N5O4. The fourth-order valence-electron chi connectivity index (χ4n) is 3.64. The van der Waals surface area contributed by atoms with Gasteiger partial charge in [-0.2, -0.15) is 13.2 Å². The average Bonchev–Trinajstić information content (AvgIpc) is 2.87. The van der Waals surface area contributed by atoms with Crippen molar-refractivity contribution in [1.29, 1.82) is 0 Å². The highest BCUT2D eigenvalue weighted by molar-refractivity contribution is 6.12. The Morgan fingerprint density at radius 2 is 1.70 bits per heavy atom. The highest BCUT2D eigenvalue weighted by atomic mass is 19.4. The molecule has 2 aromatic carbocycles. The first-order valence-corrected chi connectivity index (χ1v) is 12.1. The molecule has 0 saturated carbocycles. The maximum absolute atomic E-state index is 13.0. The first-order valence-electron chi connectivity index (χ1n) is 12.1. The summed E-state index contributed by atoms with van der Waals surface area (Å²) in [5, 5.41) is 2.98. The standard InChI is InChI=1S/C28H26F3N5O4/c1-27(2,3)40-26(38)36(4)15-19-14-24(33-16-32-19)39-23-12-11-20-21(9-6-10-22(20)35-23)25(37)34-18-8-5-7-17(13-18)28(29,30)31/h5-14,16H,15H2,1-4H3,(H,34,37). The van der Waals surface area contributed by atoms with E-state index >= 15 is 0 Å². The zero-order valence-electron chi connectivity index (χ0n) is 22.1. The van der Waals surface area contributed by atoms with Gasteiger partial charge in [0.15, 0.2) is 0 Å². The van der Waals surface area contributed by atoms with E-state index < -0.39 is 29.3 Å². The lowest BCUT2D eigenvalue weighted by atomic mass is 10.1. The Morgan fingerprint density at radius 3 is 2.42 bits per heavy atom. The van der Waals surface area contributed by atoms with Gasteiger partial charge in [-0.1, -0.05) is 12.1 Å². The summed E-state index contributed by atoms with van der Waals surface area (Å²) in [6.45, 7) is 5.48. The van der Waals surface area contributed by atoms with Crippen molar-refractivity contribution < 1.29 is 32.2 Å². The van der Waals surface area contributed by atoms with Gasteiger partial charge >= 0.3 is 12.3 Å². The zero-order chi connectivity index (χ0) is 29.1. The van der Waals surface area contributed by atoms with E-state index in [9.17, 15) is 22.8 Å². The van der Waals surface area contributed by atoms with Gasteiger partial charge in [0.2, 0.25) is 11.8 Å². The lowest BCUT2D eigenvalue weighted by Gasteiger charge is -2.24. The van der Waals surface area contributed by atoms with Crippen LogP contribution in [0.3, 0.4) is 0 Å². The predicted octanol–water partition coefficient (Wildman–Crippen LogP) is 6.46. The molecule has 0 aliphatic heterocycles. The van der Waals surface area contributed by atoms with Gasteiger partial charge < -0.3 is 19.7 Å². The summed E-state index contributed by atoms with van der Waals surface area (Å²) < 4.78 is 50.2. The number of hydrogen-bond acceptors (Lipinski definition) is 7. The van der Waals surface area contributed by atoms with Gasteiger partial charge in [-0.05, 0) is 57.2 Å². The summed E-state index contributed by atoms with van der Waals surface area (Å²) in [5.74, 6) is -0.212. The van der Waals surface area contributed by atoms with Crippen LogP contribution < -0.4 is 10.1 Å². The Morgan fingerprint density at radius 1 is 0.950 bits per heavy atom. The Hall–Kier alpha value is -4.74. The molecule has 2 heterocycles. The molecular weight excluding hydrogens is 527 g/mol. The van der Waals surface area contributed by atoms with Gasteiger partial charge in [-0.15, -0.1) is 0 Å². The molecule has 208 valence electrons. The molecule has 40 heavy (non-hydrogen) atoms. The second kappa shape index (κ2) is 11.2. The fourth-order valence-corrected chi connectivity index (χ4v) is 3.64. The molecule has 4 aromatic rings. The summed E-state index contributed by atoms with van der Waals surface area (Å²) in [5.41, 5.74) is -0.326. The molecule has 2 aromatic heterocycles. The van der Waals surface area contributed by atoms with Gasteiger partial charge in [0.1, 0.15) is 11.9 Å². The number of carbonyl (C=O) groups is 2. The van der Waals surface area contributed by atoms with Crippen LogP contribution in [-0.4, -0.2) is 44.5 Å². The molecule has 0 unspecified atom stereocenters. The van der Waals surface area contributed by atoms with Crippen LogP contribution in [-0.2, 0) is 17.5 Å². The molecule has 2 amide bonds. The van der Waals surface area contributed by atoms with Gasteiger partial charge in [0.05, 0.1) is 23.3 Å². The minimum atomic E-state index is -4.53. The summed E-state index contributed by atoms with van der Waals surface area (Å²) in [4.78, 5) is 39.2. The molecule has 0 spiro atoms. The molecule has 0 aliphatic carbocycles. The summed E-state index contributed by atoms with van der Waals surface area (Å²) in [6.07, 6.45) is -3.73. The van der Waals surface area contributed by atoms with Crippen LogP contribution in [0.2, 0.25) is 0 Å². The molecule has 0 fully saturated rings. The average molecular weight is 554 g/mol. The maximum atomic E-state index is 13.0. The smallest absolute Gasteiger partial charge is 0.416 e. The number of halogens is 3. The Bertz CT molecular complexity index is 1550. The number of nitrogens with zero attached hydrogens (tertiary/aromatic N) is 4. The summed E-state index contributed by atoms with van der Waals surface area (Å²) in [7, 11) is 1.59. The van der Waals surface area contributed by atoms with E-state index in [4.69, 9.17) is 9.47 Å². The minimum absolute atomic E-state index is 0.0154. The number of carbonyl (C=O) groups excluding carboxylic acids is 2. The van der Waals surface area contributed by atoms with E-state index in [1.54, 1.807) is 58.2 Å². The predicted molar refractivity (Wildman–Crippen MR) is 141 cm³/mol. The molecule has 0 aliphatic rings. The van der Waals surface area contributed by atoms with Gasteiger partial charge in [0, 0.05) is 35.8 Å². The van der Waals surface area contributed by atoms with Crippen molar-refractivity contribution in [2.45, 2.75) is 39.1 Å². The number of ether oxygens (including phenoxy) is 2. The molecule has 9 nitrogen and oxygen atoms in total. The number of alkyl halides is 3. The lowest BCUT2D eigenvalue weighted by Crippen LogP contribution is -2.34. The fraction of sp³-hybridized carbons (Fsp3) is 0.250. The largest absolute Gasteiger partial charge is 0.444 e. The second-order valence-corrected chi connectivity index (χ2v) is 9.84. The maximum Gasteiger partial charge on any atom is 0.416 e. The lowest BCUT2D eigenvalue weighted by molar-refractivity contribution is -0.137. The Kier molecular flexibility index (Phi) is 7.89. The van der Waals surface area contributed by atoms with E-state index in [-0.39, 0.29) is 29.6 Å². The van der Waals surface area contributed by atoms with E-state index in [0.29, 0.717) is 16.6 Å². The number of aromatic nitrogens is 3. The van der Waals surface area contributed by atoms with Crippen LogP contribution in [0.15, 0.2) is 67.0 Å². The first kappa shape index (κ1) is 28.3. The number of hydrogen-bond donors (Lipinski definition) is 1. The molecule has 1 N–H and O–H groups in total. The molecule has 0 bridgehead atoms. The molecule has 4 rings (SSSR count). The monoisotopic (exact) mass is 553 g/mol. The highest BCUT2D eigenvalue weighted by Gasteiger charge is 2.30. The van der Waals surface area contributed by atoms with Crippen LogP contribution in [0.5, 0.6) is 11.8 Å². The minimum Gasteiger partial charge on any atom is -0.444 e. The number of nitrogens with one attached hydrogen (secondary N) is 1. The number of anilines is 1. The van der Waals surface area contributed by atoms with E-state index in [1.165, 1.54) is 29.4 Å². The van der Waals surface area contributed by atoms with Crippen molar-refractivity contribution in [3.63, 3.8) is 0 Å². The van der Waals surface area contributed by atoms with E-state index in [2.05, 4.69) is 20.3 Å². The third-order valence-corrected chi connectivity index (χ3v) is 5.41. The van der Waals surface area contributed by atoms with Gasteiger partial charge in [0.25, 0.3) is 5.91 Å². The van der Waals surface area contributed by atoms with Crippen LogP contribution in [0.1, 0.15) is 42.4 Å². The number of pyridine rings is 1. The van der Waals surface area contributed by atoms with Crippen molar-refractivity contribution in [1.82, 2.24) is 19.9 Å². The van der Waals surface area contributed by atoms with Crippen LogP contribution in [0, 0.1) is 0 Å². The second-order valence-electron chi connectivity index (χ2n) is 9.84. The topological polar surface area (TPSA) is 107 Å². The van der Waals surface area contributed by atoms with Crippen LogP contribution >= 0.6 is 0 Å². The van der Waals surface area contributed by atoms with E-state index in [0.717, 1.165) is 12.1 Å². The Balaban J connectivity index is 1.49. The van der Waals surface area contributed by atoms with Crippen molar-refractivity contribution in [2.24, 2.45) is 0 Å². The normalized spacial score (nSPS) is 11.7. The SMILES string of the molecule is CN(Cc1cc(Oc2ccc3c(C(=O)Nc4cccc(C(F)(F)F)c4)cccc3n2)ncn1)C(=O)OC(C)(C)C. The number of amides is 2. The summed E-state index contributed by atoms with van der Waals surface area (Å²) >= 11 is 0. The van der Waals surface area contributed by atoms with Gasteiger partial charge in [-0.3, -0.25) is 4.79 Å². The van der Waals surface area contributed by atoms with Crippen molar-refractivity contribution in [3.8, 4) is 11.8 Å². The molecule has 0 atom stereocenters. The third-order valence-electron chi connectivity index (χ3n) is 5.41. The summed E-state index contributed by atoms with van der Waals surface area (Å²) in [6, 6.07) is 13.9. The van der Waals surface area contributed by atoms with Crippen molar-refractivity contribution >= 4 is 28.6 Å². The Labute approximate surface area is 228 Å². The first-order chi connectivity index (χ1) is 18.8. The van der Waals surface area contributed by atoms with Crippen LogP contribution in [0.25, 0.3) is 10.9 Å². The van der Waals surface area contributed by atoms with Gasteiger partial charge in [-0.25, -0.2) is 19.7 Å². The van der Waals surface area contributed by atoms with Crippen molar-refractivity contribution in [3.05, 3.63) is 83.8 Å². The highest BCUT2D eigenvalue weighted by Crippen LogP contribution is 2.31. The third kappa shape index (κ3) is 7.22. The molecule has 0 radical (unpaired) electrons. The number of rotatable bonds is 6. The molecule has 12 heteroatoms. The zero-order valence-corrected chi connectivity index (χ0v) is 22.1. The van der Waals surface area contributed by atoms with Crippen molar-refractivity contribution in [2.75, 3.05) is 12.4 Å². The number of benzene rings is 2. The van der Waals surface area contributed by atoms with Crippen LogP contribution in [0.4, 0.5) is 23.7 Å². The van der Waals surface area contributed by atoms with E-state index in [1.807, 2.05) is 0 Å². The number of fused-ring (bicyclic) bond motifs is 1. The quantitative estimate of drug-likeness (QED) is 0.292. The molecule has 0 saturated heterocycles.